The second-order valence-electron chi connectivity index (χ2n) is 6.18. The van der Waals surface area contributed by atoms with Crippen LogP contribution in [0.4, 0.5) is 15.8 Å². The number of carbonyl (C=O) groups excluding carboxylic acids is 1. The summed E-state index contributed by atoms with van der Waals surface area (Å²) >= 11 is 0. The molecule has 0 radical (unpaired) electrons. The number of hydrogen-bond acceptors (Lipinski definition) is 2. The van der Waals surface area contributed by atoms with Gasteiger partial charge in [0.1, 0.15) is 5.82 Å². The Bertz CT molecular complexity index is 725. The van der Waals surface area contributed by atoms with E-state index in [0.29, 0.717) is 12.2 Å². The highest BCUT2D eigenvalue weighted by Gasteiger charge is 2.42. The van der Waals surface area contributed by atoms with Crippen LogP contribution in [-0.2, 0) is 16.8 Å². The number of carbonyl (C=O) groups is 1. The molecule has 1 aliphatic rings. The zero-order valence-electron chi connectivity index (χ0n) is 13.0. The first kappa shape index (κ1) is 14.6. The number of amides is 1. The van der Waals surface area contributed by atoms with Gasteiger partial charge in [0.25, 0.3) is 0 Å². The van der Waals surface area contributed by atoms with E-state index in [2.05, 4.69) is 5.32 Å². The van der Waals surface area contributed by atoms with Gasteiger partial charge < -0.3 is 10.2 Å². The maximum Gasteiger partial charge on any atom is 0.236 e. The standard InChI is InChI=1S/C18H19FN2O/c1-18(2)13-9-14(19)15(10-16(13)21(3)17(18)22)20-11-12-7-5-4-6-8-12/h4-10,20H,11H2,1-3H3. The van der Waals surface area contributed by atoms with Crippen LogP contribution in [0, 0.1) is 5.82 Å². The SMILES string of the molecule is CN1C(=O)C(C)(C)c2cc(F)c(NCc3ccccc3)cc21. The normalized spacial score (nSPS) is 15.8. The van der Waals surface area contributed by atoms with Gasteiger partial charge in [0, 0.05) is 19.3 Å². The van der Waals surface area contributed by atoms with E-state index in [9.17, 15) is 9.18 Å². The van der Waals surface area contributed by atoms with E-state index in [4.69, 9.17) is 0 Å². The quantitative estimate of drug-likeness (QED) is 0.937. The third kappa shape index (κ3) is 2.25. The van der Waals surface area contributed by atoms with Gasteiger partial charge in [0.15, 0.2) is 0 Å². The average Bonchev–Trinajstić information content (AvgIpc) is 2.67. The van der Waals surface area contributed by atoms with Gasteiger partial charge in [-0.3, -0.25) is 4.79 Å². The van der Waals surface area contributed by atoms with E-state index < -0.39 is 5.41 Å². The fourth-order valence-corrected chi connectivity index (χ4v) is 2.91. The number of likely N-dealkylation sites (N-methyl/N-ethyl adjacent to an activating group) is 1. The van der Waals surface area contributed by atoms with Crippen molar-refractivity contribution in [3.8, 4) is 0 Å². The van der Waals surface area contributed by atoms with Crippen LogP contribution < -0.4 is 10.2 Å². The topological polar surface area (TPSA) is 32.3 Å². The third-order valence-corrected chi connectivity index (χ3v) is 4.29. The molecule has 2 aromatic rings. The van der Waals surface area contributed by atoms with Crippen molar-refractivity contribution in [2.75, 3.05) is 17.3 Å². The number of rotatable bonds is 3. The number of nitrogens with one attached hydrogen (secondary N) is 1. The van der Waals surface area contributed by atoms with E-state index in [0.717, 1.165) is 16.8 Å². The van der Waals surface area contributed by atoms with E-state index in [1.165, 1.54) is 6.07 Å². The highest BCUT2D eigenvalue weighted by atomic mass is 19.1. The molecule has 0 atom stereocenters. The zero-order valence-corrected chi connectivity index (χ0v) is 13.0. The molecule has 0 bridgehead atoms. The monoisotopic (exact) mass is 298 g/mol. The summed E-state index contributed by atoms with van der Waals surface area (Å²) in [6, 6.07) is 13.0. The summed E-state index contributed by atoms with van der Waals surface area (Å²) < 4.78 is 14.4. The smallest absolute Gasteiger partial charge is 0.236 e. The summed E-state index contributed by atoms with van der Waals surface area (Å²) in [6.07, 6.45) is 0. The fraction of sp³-hybridized carbons (Fsp3) is 0.278. The van der Waals surface area contributed by atoms with Crippen LogP contribution in [-0.4, -0.2) is 13.0 Å². The van der Waals surface area contributed by atoms with Gasteiger partial charge in [-0.05, 0) is 37.1 Å². The lowest BCUT2D eigenvalue weighted by Gasteiger charge is -2.16. The summed E-state index contributed by atoms with van der Waals surface area (Å²) in [7, 11) is 1.73. The van der Waals surface area contributed by atoms with Crippen LogP contribution in [0.25, 0.3) is 0 Å². The predicted octanol–water partition coefficient (Wildman–Crippen LogP) is 3.69. The molecular weight excluding hydrogens is 279 g/mol. The minimum Gasteiger partial charge on any atom is -0.379 e. The Morgan fingerprint density at radius 1 is 1.18 bits per heavy atom. The summed E-state index contributed by atoms with van der Waals surface area (Å²) in [4.78, 5) is 13.9. The number of nitrogens with zero attached hydrogens (tertiary/aromatic N) is 1. The molecule has 0 spiro atoms. The maximum atomic E-state index is 14.4. The molecule has 114 valence electrons. The molecule has 22 heavy (non-hydrogen) atoms. The van der Waals surface area contributed by atoms with Crippen LogP contribution >= 0.6 is 0 Å². The Morgan fingerprint density at radius 2 is 1.86 bits per heavy atom. The molecule has 0 fully saturated rings. The molecule has 3 rings (SSSR count). The fourth-order valence-electron chi connectivity index (χ4n) is 2.91. The van der Waals surface area contributed by atoms with Crippen LogP contribution in [0.15, 0.2) is 42.5 Å². The Morgan fingerprint density at radius 3 is 2.55 bits per heavy atom. The molecule has 4 heteroatoms. The van der Waals surface area contributed by atoms with Gasteiger partial charge in [-0.1, -0.05) is 30.3 Å². The molecular formula is C18H19FN2O. The lowest BCUT2D eigenvalue weighted by atomic mass is 9.86. The van der Waals surface area contributed by atoms with Gasteiger partial charge in [-0.2, -0.15) is 0 Å². The van der Waals surface area contributed by atoms with Crippen molar-refractivity contribution in [1.29, 1.82) is 0 Å². The molecule has 0 aromatic heterocycles. The predicted molar refractivity (Wildman–Crippen MR) is 86.6 cm³/mol. The maximum absolute atomic E-state index is 14.4. The van der Waals surface area contributed by atoms with Gasteiger partial charge in [0.2, 0.25) is 5.91 Å². The second-order valence-corrected chi connectivity index (χ2v) is 6.18. The summed E-state index contributed by atoms with van der Waals surface area (Å²) in [5.41, 5.74) is 2.32. The number of fused-ring (bicyclic) bond motifs is 1. The van der Waals surface area contributed by atoms with Crippen LogP contribution in [0.3, 0.4) is 0 Å². The second kappa shape index (κ2) is 5.13. The number of benzene rings is 2. The van der Waals surface area contributed by atoms with Crippen molar-refractivity contribution >= 4 is 17.3 Å². The van der Waals surface area contributed by atoms with Crippen molar-refractivity contribution in [1.82, 2.24) is 0 Å². The largest absolute Gasteiger partial charge is 0.379 e. The lowest BCUT2D eigenvalue weighted by molar-refractivity contribution is -0.121. The van der Waals surface area contributed by atoms with Gasteiger partial charge in [-0.25, -0.2) is 4.39 Å². The van der Waals surface area contributed by atoms with E-state index >= 15 is 0 Å². The molecule has 2 aromatic carbocycles. The Kier molecular flexibility index (Phi) is 3.39. The number of anilines is 2. The Hall–Kier alpha value is -2.36. The first-order valence-corrected chi connectivity index (χ1v) is 7.31. The van der Waals surface area contributed by atoms with Crippen molar-refractivity contribution in [3.63, 3.8) is 0 Å². The molecule has 1 amide bonds. The Balaban J connectivity index is 1.91. The minimum atomic E-state index is -0.678. The number of hydrogen-bond donors (Lipinski definition) is 1. The highest BCUT2D eigenvalue weighted by Crippen LogP contribution is 2.42. The molecule has 0 saturated carbocycles. The van der Waals surface area contributed by atoms with Crippen LogP contribution in [0.5, 0.6) is 0 Å². The summed E-state index contributed by atoms with van der Waals surface area (Å²) in [5, 5.41) is 3.11. The highest BCUT2D eigenvalue weighted by molar-refractivity contribution is 6.07. The van der Waals surface area contributed by atoms with E-state index in [1.807, 2.05) is 44.2 Å². The third-order valence-electron chi connectivity index (χ3n) is 4.29. The van der Waals surface area contributed by atoms with Crippen molar-refractivity contribution < 1.29 is 9.18 Å². The first-order chi connectivity index (χ1) is 10.4. The van der Waals surface area contributed by atoms with Crippen LogP contribution in [0.1, 0.15) is 25.0 Å². The average molecular weight is 298 g/mol. The zero-order chi connectivity index (χ0) is 15.9. The van der Waals surface area contributed by atoms with Gasteiger partial charge in [0.05, 0.1) is 11.1 Å². The number of halogens is 1. The Labute approximate surface area is 129 Å². The van der Waals surface area contributed by atoms with Crippen LogP contribution in [0.2, 0.25) is 0 Å². The molecule has 0 aliphatic carbocycles. The molecule has 1 N–H and O–H groups in total. The molecule has 1 aliphatic heterocycles. The lowest BCUT2D eigenvalue weighted by Crippen LogP contribution is -2.33. The van der Waals surface area contributed by atoms with Gasteiger partial charge in [-0.15, -0.1) is 0 Å². The molecule has 3 nitrogen and oxygen atoms in total. The van der Waals surface area contributed by atoms with Crippen molar-refractivity contribution in [3.05, 3.63) is 59.4 Å². The molecule has 1 heterocycles. The van der Waals surface area contributed by atoms with E-state index in [1.54, 1.807) is 18.0 Å². The summed E-state index contributed by atoms with van der Waals surface area (Å²) in [5.74, 6) is -0.340. The van der Waals surface area contributed by atoms with Crippen molar-refractivity contribution in [2.24, 2.45) is 0 Å². The van der Waals surface area contributed by atoms with E-state index in [-0.39, 0.29) is 11.7 Å². The van der Waals surface area contributed by atoms with Gasteiger partial charge >= 0.3 is 0 Å². The molecule has 0 unspecified atom stereocenters. The minimum absolute atomic E-state index is 0.0119. The first-order valence-electron chi connectivity index (χ1n) is 7.31. The summed E-state index contributed by atoms with van der Waals surface area (Å²) in [6.45, 7) is 4.19. The molecule has 0 saturated heterocycles. The van der Waals surface area contributed by atoms with Crippen molar-refractivity contribution in [2.45, 2.75) is 25.8 Å².